The fourth-order valence-electron chi connectivity index (χ4n) is 1.82. The van der Waals surface area contributed by atoms with Gasteiger partial charge in [-0.15, -0.1) is 34.2 Å². The molecule has 2 rings (SSSR count). The van der Waals surface area contributed by atoms with Gasteiger partial charge in [0.25, 0.3) is 0 Å². The summed E-state index contributed by atoms with van der Waals surface area (Å²) in [5, 5.41) is 14.3. The van der Waals surface area contributed by atoms with Crippen LogP contribution in [0.3, 0.4) is 0 Å². The molecule has 0 radical (unpaired) electrons. The topological polar surface area (TPSA) is 76.4 Å². The first kappa shape index (κ1) is 18.2. The quantitative estimate of drug-likeness (QED) is 0.437. The molecule has 0 aliphatic rings. The number of nitrogens with zero attached hydrogens (tertiary/aromatic N) is 4. The molecule has 0 saturated carbocycles. The van der Waals surface area contributed by atoms with Crippen molar-refractivity contribution in [2.24, 2.45) is 12.0 Å². The Balaban J connectivity index is 0.00000242. The third-order valence-electron chi connectivity index (χ3n) is 3.04. The van der Waals surface area contributed by atoms with Crippen molar-refractivity contribution in [1.29, 1.82) is 0 Å². The third kappa shape index (κ3) is 5.17. The van der Waals surface area contributed by atoms with Crippen LogP contribution in [0.5, 0.6) is 5.75 Å². The van der Waals surface area contributed by atoms with Crippen molar-refractivity contribution in [2.75, 3.05) is 14.2 Å². The van der Waals surface area contributed by atoms with E-state index >= 15 is 0 Å². The largest absolute Gasteiger partial charge is 0.497 e. The molecule has 0 aliphatic heterocycles. The SMILES string of the molecule is CN=C(NCc1cccc(OC)c1)NCc1nncn1C.I. The minimum Gasteiger partial charge on any atom is -0.497 e. The first-order valence-corrected chi connectivity index (χ1v) is 6.63. The van der Waals surface area contributed by atoms with E-state index in [4.69, 9.17) is 4.74 Å². The van der Waals surface area contributed by atoms with E-state index < -0.39 is 0 Å². The lowest BCUT2D eigenvalue weighted by Gasteiger charge is -2.12. The van der Waals surface area contributed by atoms with Crippen molar-refractivity contribution >= 4 is 29.9 Å². The average Bonchev–Trinajstić information content (AvgIpc) is 2.93. The first-order valence-electron chi connectivity index (χ1n) is 6.63. The molecule has 0 fully saturated rings. The van der Waals surface area contributed by atoms with Gasteiger partial charge in [0.15, 0.2) is 11.8 Å². The number of hydrogen-bond acceptors (Lipinski definition) is 4. The zero-order chi connectivity index (χ0) is 15.1. The molecule has 7 nitrogen and oxygen atoms in total. The van der Waals surface area contributed by atoms with Gasteiger partial charge >= 0.3 is 0 Å². The Kier molecular flexibility index (Phi) is 7.64. The number of guanidine groups is 1. The molecule has 0 bridgehead atoms. The molecule has 2 N–H and O–H groups in total. The second kappa shape index (κ2) is 9.23. The van der Waals surface area contributed by atoms with Crippen LogP contribution in [0.25, 0.3) is 0 Å². The zero-order valence-electron chi connectivity index (χ0n) is 12.9. The van der Waals surface area contributed by atoms with Gasteiger partial charge in [-0.25, -0.2) is 0 Å². The fourth-order valence-corrected chi connectivity index (χ4v) is 1.82. The standard InChI is InChI=1S/C14H20N6O.HI/c1-15-14(17-9-13-19-18-10-20(13)2)16-8-11-5-4-6-12(7-11)21-3;/h4-7,10H,8-9H2,1-3H3,(H2,15,16,17);1H. The van der Waals surface area contributed by atoms with Crippen molar-refractivity contribution in [3.05, 3.63) is 42.0 Å². The van der Waals surface area contributed by atoms with Crippen LogP contribution in [0.4, 0.5) is 0 Å². The zero-order valence-corrected chi connectivity index (χ0v) is 15.2. The molecule has 8 heteroatoms. The maximum Gasteiger partial charge on any atom is 0.191 e. The monoisotopic (exact) mass is 416 g/mol. The number of ether oxygens (including phenoxy) is 1. The molecule has 0 saturated heterocycles. The molecular formula is C14H21IN6O. The van der Waals surface area contributed by atoms with Gasteiger partial charge in [-0.05, 0) is 17.7 Å². The molecule has 0 aliphatic carbocycles. The minimum atomic E-state index is 0. The number of aryl methyl sites for hydroxylation is 1. The highest BCUT2D eigenvalue weighted by Crippen LogP contribution is 2.11. The number of hydrogen-bond donors (Lipinski definition) is 2. The maximum absolute atomic E-state index is 5.21. The number of nitrogens with one attached hydrogen (secondary N) is 2. The Bertz CT molecular complexity index is 613. The summed E-state index contributed by atoms with van der Waals surface area (Å²) in [5.74, 6) is 2.40. The van der Waals surface area contributed by atoms with Gasteiger partial charge in [0.1, 0.15) is 12.1 Å². The first-order chi connectivity index (χ1) is 10.2. The van der Waals surface area contributed by atoms with E-state index in [1.165, 1.54) is 0 Å². The normalized spacial score (nSPS) is 10.8. The van der Waals surface area contributed by atoms with Crippen LogP contribution in [-0.2, 0) is 20.1 Å². The summed E-state index contributed by atoms with van der Waals surface area (Å²) in [5.41, 5.74) is 1.12. The van der Waals surface area contributed by atoms with Crippen molar-refractivity contribution in [3.63, 3.8) is 0 Å². The number of rotatable bonds is 5. The summed E-state index contributed by atoms with van der Waals surface area (Å²) in [7, 11) is 5.30. The predicted molar refractivity (Wildman–Crippen MR) is 96.5 cm³/mol. The van der Waals surface area contributed by atoms with Crippen molar-refractivity contribution in [3.8, 4) is 5.75 Å². The van der Waals surface area contributed by atoms with Gasteiger partial charge in [0.2, 0.25) is 0 Å². The lowest BCUT2D eigenvalue weighted by Crippen LogP contribution is -2.36. The maximum atomic E-state index is 5.21. The summed E-state index contributed by atoms with van der Waals surface area (Å²) >= 11 is 0. The van der Waals surface area contributed by atoms with Crippen LogP contribution in [0.1, 0.15) is 11.4 Å². The molecule has 0 unspecified atom stereocenters. The van der Waals surface area contributed by atoms with Crippen molar-refractivity contribution in [1.82, 2.24) is 25.4 Å². The summed E-state index contributed by atoms with van der Waals surface area (Å²) in [6.45, 7) is 1.23. The molecule has 0 spiro atoms. The molecule has 22 heavy (non-hydrogen) atoms. The second-order valence-corrected chi connectivity index (χ2v) is 4.49. The number of aromatic nitrogens is 3. The molecular weight excluding hydrogens is 395 g/mol. The van der Waals surface area contributed by atoms with Gasteiger partial charge in [0.05, 0.1) is 13.7 Å². The van der Waals surface area contributed by atoms with E-state index in [0.29, 0.717) is 19.0 Å². The smallest absolute Gasteiger partial charge is 0.191 e. The summed E-state index contributed by atoms with van der Waals surface area (Å²) in [4.78, 5) is 4.18. The summed E-state index contributed by atoms with van der Waals surface area (Å²) < 4.78 is 7.07. The molecule has 0 atom stereocenters. The van der Waals surface area contributed by atoms with E-state index in [2.05, 4.69) is 25.8 Å². The summed E-state index contributed by atoms with van der Waals surface area (Å²) in [6.07, 6.45) is 1.67. The molecule has 120 valence electrons. The lowest BCUT2D eigenvalue weighted by atomic mass is 10.2. The van der Waals surface area contributed by atoms with Crippen LogP contribution >= 0.6 is 24.0 Å². The number of aliphatic imine (C=N–C) groups is 1. The number of benzene rings is 1. The summed E-state index contributed by atoms with van der Waals surface area (Å²) in [6, 6.07) is 7.91. The van der Waals surface area contributed by atoms with Gasteiger partial charge in [-0.3, -0.25) is 4.99 Å². The Hall–Kier alpha value is -1.84. The van der Waals surface area contributed by atoms with Gasteiger partial charge < -0.3 is 19.9 Å². The molecule has 1 aromatic heterocycles. The molecule has 0 amide bonds. The molecule has 1 aromatic carbocycles. The van der Waals surface area contributed by atoms with E-state index in [9.17, 15) is 0 Å². The predicted octanol–water partition coefficient (Wildman–Crippen LogP) is 1.31. The Morgan fingerprint density at radius 3 is 2.73 bits per heavy atom. The minimum absolute atomic E-state index is 0. The van der Waals surface area contributed by atoms with Gasteiger partial charge in [-0.2, -0.15) is 0 Å². The number of methoxy groups -OCH3 is 1. The Morgan fingerprint density at radius 2 is 2.09 bits per heavy atom. The van der Waals surface area contributed by atoms with Crippen LogP contribution < -0.4 is 15.4 Å². The fraction of sp³-hybridized carbons (Fsp3) is 0.357. The van der Waals surface area contributed by atoms with E-state index in [-0.39, 0.29) is 24.0 Å². The van der Waals surface area contributed by atoms with Crippen LogP contribution in [0, 0.1) is 0 Å². The van der Waals surface area contributed by atoms with E-state index in [1.807, 2.05) is 35.9 Å². The molecule has 2 aromatic rings. The molecule has 1 heterocycles. The van der Waals surface area contributed by atoms with Crippen LogP contribution in [0.15, 0.2) is 35.6 Å². The highest BCUT2D eigenvalue weighted by Gasteiger charge is 2.03. The van der Waals surface area contributed by atoms with Gasteiger partial charge in [0, 0.05) is 20.6 Å². The van der Waals surface area contributed by atoms with Crippen LogP contribution in [-0.4, -0.2) is 34.9 Å². The second-order valence-electron chi connectivity index (χ2n) is 4.49. The van der Waals surface area contributed by atoms with E-state index in [0.717, 1.165) is 17.1 Å². The van der Waals surface area contributed by atoms with Crippen LogP contribution in [0.2, 0.25) is 0 Å². The van der Waals surface area contributed by atoms with E-state index in [1.54, 1.807) is 20.5 Å². The Morgan fingerprint density at radius 1 is 1.32 bits per heavy atom. The number of halogens is 1. The third-order valence-corrected chi connectivity index (χ3v) is 3.04. The highest BCUT2D eigenvalue weighted by atomic mass is 127. The van der Waals surface area contributed by atoms with Crippen molar-refractivity contribution < 1.29 is 4.74 Å². The Labute approximate surface area is 147 Å². The average molecular weight is 416 g/mol. The van der Waals surface area contributed by atoms with Gasteiger partial charge in [-0.1, -0.05) is 12.1 Å². The lowest BCUT2D eigenvalue weighted by molar-refractivity contribution is 0.414. The highest BCUT2D eigenvalue weighted by molar-refractivity contribution is 14.0. The van der Waals surface area contributed by atoms with Crippen molar-refractivity contribution in [2.45, 2.75) is 13.1 Å².